The molecule has 0 saturated heterocycles. The van der Waals surface area contributed by atoms with Gasteiger partial charge in [0.1, 0.15) is 0 Å². The Balaban J connectivity index is 1.61. The van der Waals surface area contributed by atoms with Crippen LogP contribution in [0.15, 0.2) is 35.7 Å². The zero-order valence-electron chi connectivity index (χ0n) is 13.1. The standard InChI is InChI=1S/C17H19N3O2S/c1-10(12-5-6-14-13(8-12)9-16(21)20-14)18-17(22)19-11(2)15-4-3-7-23-15/h3-8,10-11H,9H2,1-2H3,(H,20,21)(H2,18,19,22). The van der Waals surface area contributed by atoms with E-state index in [1.165, 1.54) is 0 Å². The zero-order valence-corrected chi connectivity index (χ0v) is 13.9. The highest BCUT2D eigenvalue weighted by molar-refractivity contribution is 7.10. The van der Waals surface area contributed by atoms with Gasteiger partial charge in [-0.3, -0.25) is 4.79 Å². The first-order valence-corrected chi connectivity index (χ1v) is 8.44. The second-order valence-electron chi connectivity index (χ2n) is 5.72. The Labute approximate surface area is 139 Å². The summed E-state index contributed by atoms with van der Waals surface area (Å²) in [6.07, 6.45) is 0.400. The number of thiophene rings is 1. The molecule has 6 heteroatoms. The maximum Gasteiger partial charge on any atom is 0.315 e. The summed E-state index contributed by atoms with van der Waals surface area (Å²) in [6.45, 7) is 3.89. The van der Waals surface area contributed by atoms with Gasteiger partial charge in [-0.05, 0) is 42.5 Å². The molecule has 0 spiro atoms. The van der Waals surface area contributed by atoms with Gasteiger partial charge in [-0.2, -0.15) is 0 Å². The van der Waals surface area contributed by atoms with E-state index in [1.807, 2.05) is 49.6 Å². The predicted octanol–water partition coefficient (Wildman–Crippen LogP) is 3.36. The second kappa shape index (κ2) is 6.42. The number of amides is 3. The summed E-state index contributed by atoms with van der Waals surface area (Å²) in [4.78, 5) is 24.7. The van der Waals surface area contributed by atoms with Crippen molar-refractivity contribution in [2.75, 3.05) is 5.32 Å². The summed E-state index contributed by atoms with van der Waals surface area (Å²) in [5.74, 6) is 0.0141. The van der Waals surface area contributed by atoms with Gasteiger partial charge in [0.05, 0.1) is 18.5 Å². The first-order valence-electron chi connectivity index (χ1n) is 7.56. The van der Waals surface area contributed by atoms with Crippen molar-refractivity contribution < 1.29 is 9.59 Å². The molecule has 0 saturated carbocycles. The number of nitrogens with one attached hydrogen (secondary N) is 3. The normalized spacial score (nSPS) is 15.5. The molecule has 120 valence electrons. The van der Waals surface area contributed by atoms with Gasteiger partial charge in [-0.1, -0.05) is 18.2 Å². The van der Waals surface area contributed by atoms with E-state index in [2.05, 4.69) is 16.0 Å². The van der Waals surface area contributed by atoms with Gasteiger partial charge in [-0.15, -0.1) is 11.3 Å². The summed E-state index contributed by atoms with van der Waals surface area (Å²) < 4.78 is 0. The van der Waals surface area contributed by atoms with Crippen LogP contribution in [0.4, 0.5) is 10.5 Å². The Morgan fingerprint density at radius 3 is 2.74 bits per heavy atom. The van der Waals surface area contributed by atoms with Crippen LogP contribution in [-0.2, 0) is 11.2 Å². The Morgan fingerprint density at radius 1 is 1.22 bits per heavy atom. The van der Waals surface area contributed by atoms with Crippen molar-refractivity contribution in [1.29, 1.82) is 0 Å². The van der Waals surface area contributed by atoms with Gasteiger partial charge in [-0.25, -0.2) is 4.79 Å². The fourth-order valence-electron chi connectivity index (χ4n) is 2.65. The third-order valence-corrected chi connectivity index (χ3v) is 4.97. The lowest BCUT2D eigenvalue weighted by molar-refractivity contribution is -0.115. The summed E-state index contributed by atoms with van der Waals surface area (Å²) >= 11 is 1.62. The number of hydrogen-bond donors (Lipinski definition) is 3. The second-order valence-corrected chi connectivity index (χ2v) is 6.70. The molecule has 3 amide bonds. The Kier molecular flexibility index (Phi) is 4.34. The van der Waals surface area contributed by atoms with E-state index in [0.717, 1.165) is 21.7 Å². The third kappa shape index (κ3) is 3.53. The van der Waals surface area contributed by atoms with E-state index < -0.39 is 0 Å². The van der Waals surface area contributed by atoms with Gasteiger partial charge in [0.15, 0.2) is 0 Å². The minimum absolute atomic E-state index is 0.0141. The van der Waals surface area contributed by atoms with Crippen molar-refractivity contribution in [2.24, 2.45) is 0 Å². The SMILES string of the molecule is CC(NC(=O)NC(C)c1cccs1)c1ccc2c(c1)CC(=O)N2. The number of benzene rings is 1. The largest absolute Gasteiger partial charge is 0.332 e. The molecular formula is C17H19N3O2S. The molecular weight excluding hydrogens is 310 g/mol. The van der Waals surface area contributed by atoms with Crippen LogP contribution in [0.25, 0.3) is 0 Å². The molecule has 1 aromatic carbocycles. The van der Waals surface area contributed by atoms with Crippen LogP contribution in [0.5, 0.6) is 0 Å². The van der Waals surface area contributed by atoms with Crippen molar-refractivity contribution >= 4 is 29.0 Å². The number of carbonyl (C=O) groups is 2. The average molecular weight is 329 g/mol. The average Bonchev–Trinajstić information content (AvgIpc) is 3.14. The smallest absolute Gasteiger partial charge is 0.315 e. The molecule has 0 fully saturated rings. The summed E-state index contributed by atoms with van der Waals surface area (Å²) in [7, 11) is 0. The third-order valence-electron chi connectivity index (χ3n) is 3.92. The van der Waals surface area contributed by atoms with Crippen LogP contribution in [-0.4, -0.2) is 11.9 Å². The molecule has 3 rings (SSSR count). The minimum atomic E-state index is -0.201. The van der Waals surface area contributed by atoms with E-state index in [0.29, 0.717) is 6.42 Å². The van der Waals surface area contributed by atoms with Crippen LogP contribution in [0, 0.1) is 0 Å². The summed E-state index contributed by atoms with van der Waals surface area (Å²) in [5, 5.41) is 10.7. The van der Waals surface area contributed by atoms with Crippen molar-refractivity contribution in [1.82, 2.24) is 10.6 Å². The number of hydrogen-bond acceptors (Lipinski definition) is 3. The van der Waals surface area contributed by atoms with E-state index in [4.69, 9.17) is 0 Å². The Hall–Kier alpha value is -2.34. The summed E-state index contributed by atoms with van der Waals surface area (Å²) in [6, 6.07) is 9.41. The minimum Gasteiger partial charge on any atom is -0.332 e. The molecule has 2 atom stereocenters. The number of urea groups is 1. The quantitative estimate of drug-likeness (QED) is 0.805. The van der Waals surface area contributed by atoms with Crippen LogP contribution in [0.2, 0.25) is 0 Å². The molecule has 1 aliphatic heterocycles. The first-order chi connectivity index (χ1) is 11.0. The van der Waals surface area contributed by atoms with E-state index >= 15 is 0 Å². The van der Waals surface area contributed by atoms with Crippen molar-refractivity contribution in [3.63, 3.8) is 0 Å². The molecule has 1 aromatic heterocycles. The molecule has 0 bridgehead atoms. The number of carbonyl (C=O) groups excluding carboxylic acids is 2. The molecule has 2 unspecified atom stereocenters. The van der Waals surface area contributed by atoms with Crippen LogP contribution in [0.3, 0.4) is 0 Å². The first kappa shape index (κ1) is 15.6. The molecule has 23 heavy (non-hydrogen) atoms. The fraction of sp³-hybridized carbons (Fsp3) is 0.294. The van der Waals surface area contributed by atoms with Gasteiger partial charge < -0.3 is 16.0 Å². The van der Waals surface area contributed by atoms with Gasteiger partial charge in [0.2, 0.25) is 5.91 Å². The highest BCUT2D eigenvalue weighted by Crippen LogP contribution is 2.26. The molecule has 5 nitrogen and oxygen atoms in total. The molecule has 2 heterocycles. The van der Waals surface area contributed by atoms with Crippen molar-refractivity contribution in [3.8, 4) is 0 Å². The highest BCUT2D eigenvalue weighted by atomic mass is 32.1. The lowest BCUT2D eigenvalue weighted by Crippen LogP contribution is -2.38. The van der Waals surface area contributed by atoms with Gasteiger partial charge in [0, 0.05) is 10.6 Å². The molecule has 3 N–H and O–H groups in total. The fourth-order valence-corrected chi connectivity index (χ4v) is 3.38. The maximum absolute atomic E-state index is 12.1. The maximum atomic E-state index is 12.1. The van der Waals surface area contributed by atoms with E-state index in [-0.39, 0.29) is 24.0 Å². The molecule has 0 radical (unpaired) electrons. The van der Waals surface area contributed by atoms with Crippen molar-refractivity contribution in [2.45, 2.75) is 32.4 Å². The number of anilines is 1. The topological polar surface area (TPSA) is 70.2 Å². The van der Waals surface area contributed by atoms with E-state index in [1.54, 1.807) is 11.3 Å². The van der Waals surface area contributed by atoms with E-state index in [9.17, 15) is 9.59 Å². The van der Waals surface area contributed by atoms with Crippen molar-refractivity contribution in [3.05, 3.63) is 51.7 Å². The summed E-state index contributed by atoms with van der Waals surface area (Å²) in [5.41, 5.74) is 2.83. The molecule has 2 aromatic rings. The van der Waals surface area contributed by atoms with Gasteiger partial charge >= 0.3 is 6.03 Å². The van der Waals surface area contributed by atoms with Crippen LogP contribution in [0.1, 0.15) is 41.9 Å². The Bertz CT molecular complexity index is 727. The number of fused-ring (bicyclic) bond motifs is 1. The lowest BCUT2D eigenvalue weighted by Gasteiger charge is -2.18. The lowest BCUT2D eigenvalue weighted by atomic mass is 10.0. The van der Waals surface area contributed by atoms with Crippen LogP contribution >= 0.6 is 11.3 Å². The van der Waals surface area contributed by atoms with Crippen LogP contribution < -0.4 is 16.0 Å². The number of rotatable bonds is 4. The Morgan fingerprint density at radius 2 is 2.00 bits per heavy atom. The zero-order chi connectivity index (χ0) is 16.4. The predicted molar refractivity (Wildman–Crippen MR) is 91.6 cm³/mol. The highest BCUT2D eigenvalue weighted by Gasteiger charge is 2.19. The molecule has 1 aliphatic rings. The van der Waals surface area contributed by atoms with Gasteiger partial charge in [0.25, 0.3) is 0 Å². The molecule has 0 aliphatic carbocycles. The monoisotopic (exact) mass is 329 g/mol.